The van der Waals surface area contributed by atoms with Gasteiger partial charge < -0.3 is 13.7 Å². The van der Waals surface area contributed by atoms with Crippen LogP contribution in [0.25, 0.3) is 33.9 Å². The number of hydrogen-bond donors (Lipinski definition) is 0. The van der Waals surface area contributed by atoms with Crippen LogP contribution in [0.5, 0.6) is 0 Å². The number of fused-ring (bicyclic) bond motifs is 1. The molecular formula is C21H18ClN3O3. The fraction of sp³-hybridized carbons (Fsp3) is 0.190. The van der Waals surface area contributed by atoms with Crippen LogP contribution in [0.2, 0.25) is 5.02 Å². The van der Waals surface area contributed by atoms with Crippen LogP contribution in [0.4, 0.5) is 5.69 Å². The molecule has 0 atom stereocenters. The van der Waals surface area contributed by atoms with Gasteiger partial charge in [-0.3, -0.25) is 0 Å². The van der Waals surface area contributed by atoms with Crippen molar-refractivity contribution in [3.05, 3.63) is 64.0 Å². The number of halogens is 1. The number of hydrogen-bond acceptors (Lipinski definition) is 6. The van der Waals surface area contributed by atoms with E-state index in [0.29, 0.717) is 16.2 Å². The zero-order valence-electron chi connectivity index (χ0n) is 15.5. The van der Waals surface area contributed by atoms with E-state index in [9.17, 15) is 4.79 Å². The lowest BCUT2D eigenvalue weighted by atomic mass is 10.1. The van der Waals surface area contributed by atoms with Gasteiger partial charge in [0.05, 0.1) is 10.6 Å². The molecule has 142 valence electrons. The monoisotopic (exact) mass is 395 g/mol. The van der Waals surface area contributed by atoms with Gasteiger partial charge in [-0.2, -0.15) is 0 Å². The topological polar surface area (TPSA) is 72.4 Å². The molecule has 0 amide bonds. The Hall–Kier alpha value is -3.12. The summed E-state index contributed by atoms with van der Waals surface area (Å²) < 4.78 is 11.2. The van der Waals surface area contributed by atoms with E-state index in [0.717, 1.165) is 24.2 Å². The molecule has 0 saturated heterocycles. The molecular weight excluding hydrogens is 378 g/mol. The number of benzene rings is 2. The highest BCUT2D eigenvalue weighted by molar-refractivity contribution is 6.33. The third-order valence-corrected chi connectivity index (χ3v) is 4.94. The molecule has 4 rings (SSSR count). The van der Waals surface area contributed by atoms with E-state index in [1.165, 1.54) is 0 Å². The molecule has 4 aromatic rings. The Balaban J connectivity index is 1.76. The predicted octanol–water partition coefficient (Wildman–Crippen LogP) is 5.01. The van der Waals surface area contributed by atoms with Crippen LogP contribution in [-0.2, 0) is 0 Å². The fourth-order valence-corrected chi connectivity index (χ4v) is 3.33. The molecule has 0 aliphatic carbocycles. The number of rotatable bonds is 5. The Morgan fingerprint density at radius 2 is 1.64 bits per heavy atom. The summed E-state index contributed by atoms with van der Waals surface area (Å²) in [6.45, 7) is 5.91. The first-order chi connectivity index (χ1) is 13.6. The standard InChI is InChI=1S/C21H18ClN3O3/c1-3-25(4-2)14-10-9-13-11-16(21(26)27-18(13)12-14)20-24-23-19(28-20)15-7-5-6-8-17(15)22/h5-12H,3-4H2,1-2H3. The summed E-state index contributed by atoms with van der Waals surface area (Å²) in [7, 11) is 0. The van der Waals surface area contributed by atoms with Gasteiger partial charge in [0.15, 0.2) is 0 Å². The molecule has 0 bridgehead atoms. The highest BCUT2D eigenvalue weighted by Gasteiger charge is 2.17. The Kier molecular flexibility index (Phi) is 4.88. The lowest BCUT2D eigenvalue weighted by Crippen LogP contribution is -2.21. The van der Waals surface area contributed by atoms with E-state index in [-0.39, 0.29) is 17.3 Å². The summed E-state index contributed by atoms with van der Waals surface area (Å²) in [5.41, 5.74) is 1.82. The van der Waals surface area contributed by atoms with Gasteiger partial charge in [0.25, 0.3) is 5.89 Å². The van der Waals surface area contributed by atoms with Gasteiger partial charge in [-0.15, -0.1) is 10.2 Å². The van der Waals surface area contributed by atoms with Gasteiger partial charge in [-0.25, -0.2) is 4.79 Å². The predicted molar refractivity (Wildman–Crippen MR) is 110 cm³/mol. The number of aromatic nitrogens is 2. The van der Waals surface area contributed by atoms with Crippen molar-refractivity contribution >= 4 is 28.3 Å². The molecule has 0 saturated carbocycles. The highest BCUT2D eigenvalue weighted by atomic mass is 35.5. The first kappa shape index (κ1) is 18.3. The van der Waals surface area contributed by atoms with Crippen molar-refractivity contribution in [2.24, 2.45) is 0 Å². The molecule has 6 nitrogen and oxygen atoms in total. The molecule has 0 N–H and O–H groups in total. The van der Waals surface area contributed by atoms with Crippen LogP contribution in [0.1, 0.15) is 13.8 Å². The Bertz CT molecular complexity index is 1190. The average molecular weight is 396 g/mol. The minimum atomic E-state index is -0.529. The Morgan fingerprint density at radius 3 is 2.36 bits per heavy atom. The van der Waals surface area contributed by atoms with Gasteiger partial charge in [-0.05, 0) is 44.2 Å². The Morgan fingerprint density at radius 1 is 0.929 bits per heavy atom. The van der Waals surface area contributed by atoms with E-state index in [2.05, 4.69) is 28.9 Å². The zero-order chi connectivity index (χ0) is 19.7. The van der Waals surface area contributed by atoms with Gasteiger partial charge in [-0.1, -0.05) is 23.7 Å². The maximum Gasteiger partial charge on any atom is 0.349 e. The second kappa shape index (κ2) is 7.48. The number of anilines is 1. The molecule has 0 radical (unpaired) electrons. The van der Waals surface area contributed by atoms with Crippen molar-refractivity contribution in [2.45, 2.75) is 13.8 Å². The molecule has 28 heavy (non-hydrogen) atoms. The third-order valence-electron chi connectivity index (χ3n) is 4.61. The van der Waals surface area contributed by atoms with Crippen molar-refractivity contribution in [1.29, 1.82) is 0 Å². The summed E-state index contributed by atoms with van der Waals surface area (Å²) >= 11 is 6.18. The van der Waals surface area contributed by atoms with Crippen LogP contribution < -0.4 is 10.5 Å². The van der Waals surface area contributed by atoms with Gasteiger partial charge in [0, 0.05) is 30.2 Å². The molecule has 7 heteroatoms. The van der Waals surface area contributed by atoms with Crippen molar-refractivity contribution in [2.75, 3.05) is 18.0 Å². The molecule has 0 aliphatic heterocycles. The zero-order valence-corrected chi connectivity index (χ0v) is 16.2. The van der Waals surface area contributed by atoms with E-state index in [4.69, 9.17) is 20.4 Å². The van der Waals surface area contributed by atoms with E-state index < -0.39 is 5.63 Å². The summed E-state index contributed by atoms with van der Waals surface area (Å²) in [5.74, 6) is 0.343. The SMILES string of the molecule is CCN(CC)c1ccc2cc(-c3nnc(-c4ccccc4Cl)o3)c(=O)oc2c1. The average Bonchev–Trinajstić information content (AvgIpc) is 3.18. The van der Waals surface area contributed by atoms with Crippen molar-refractivity contribution < 1.29 is 8.83 Å². The van der Waals surface area contributed by atoms with Crippen LogP contribution >= 0.6 is 11.6 Å². The van der Waals surface area contributed by atoms with Gasteiger partial charge in [0.1, 0.15) is 11.1 Å². The first-order valence-corrected chi connectivity index (χ1v) is 9.40. The molecule has 0 spiro atoms. The van der Waals surface area contributed by atoms with Crippen LogP contribution in [-0.4, -0.2) is 23.3 Å². The van der Waals surface area contributed by atoms with Crippen LogP contribution in [0.3, 0.4) is 0 Å². The summed E-state index contributed by atoms with van der Waals surface area (Å²) in [6.07, 6.45) is 0. The van der Waals surface area contributed by atoms with Crippen LogP contribution in [0.15, 0.2) is 62.2 Å². The van der Waals surface area contributed by atoms with Crippen molar-refractivity contribution in [1.82, 2.24) is 10.2 Å². The highest BCUT2D eigenvalue weighted by Crippen LogP contribution is 2.29. The summed E-state index contributed by atoms with van der Waals surface area (Å²) in [5, 5.41) is 9.29. The van der Waals surface area contributed by atoms with Crippen molar-refractivity contribution in [3.8, 4) is 22.9 Å². The Labute approximate surface area is 166 Å². The molecule has 2 aromatic heterocycles. The molecule has 2 aromatic carbocycles. The maximum atomic E-state index is 12.5. The normalized spacial score (nSPS) is 11.1. The minimum absolute atomic E-state index is 0.0957. The fourth-order valence-electron chi connectivity index (χ4n) is 3.11. The summed E-state index contributed by atoms with van der Waals surface area (Å²) in [4.78, 5) is 14.7. The maximum absolute atomic E-state index is 12.5. The minimum Gasteiger partial charge on any atom is -0.422 e. The molecule has 0 aliphatic rings. The second-order valence-electron chi connectivity index (χ2n) is 6.23. The van der Waals surface area contributed by atoms with E-state index in [1.807, 2.05) is 30.3 Å². The number of nitrogens with zero attached hydrogens (tertiary/aromatic N) is 3. The van der Waals surface area contributed by atoms with E-state index in [1.54, 1.807) is 18.2 Å². The lowest BCUT2D eigenvalue weighted by molar-refractivity contribution is 0.547. The largest absolute Gasteiger partial charge is 0.422 e. The smallest absolute Gasteiger partial charge is 0.349 e. The van der Waals surface area contributed by atoms with Crippen LogP contribution in [0, 0.1) is 0 Å². The third kappa shape index (κ3) is 3.27. The molecule has 2 heterocycles. The second-order valence-corrected chi connectivity index (χ2v) is 6.64. The van der Waals surface area contributed by atoms with Crippen molar-refractivity contribution in [3.63, 3.8) is 0 Å². The summed E-state index contributed by atoms with van der Waals surface area (Å²) in [6, 6.07) is 14.6. The molecule has 0 unspecified atom stereocenters. The lowest BCUT2D eigenvalue weighted by Gasteiger charge is -2.20. The quantitative estimate of drug-likeness (QED) is 0.442. The van der Waals surface area contributed by atoms with Gasteiger partial charge in [0.2, 0.25) is 5.89 Å². The first-order valence-electron chi connectivity index (χ1n) is 9.02. The van der Waals surface area contributed by atoms with E-state index >= 15 is 0 Å². The molecule has 0 fully saturated rings. The van der Waals surface area contributed by atoms with Gasteiger partial charge >= 0.3 is 5.63 Å².